The molecule has 0 aliphatic carbocycles. The lowest BCUT2D eigenvalue weighted by Crippen LogP contribution is -2.23. The first kappa shape index (κ1) is 7.76. The van der Waals surface area contributed by atoms with Crippen molar-refractivity contribution in [1.29, 1.82) is 0 Å². The number of thiophene rings is 1. The van der Waals surface area contributed by atoms with Crippen LogP contribution in [0.25, 0.3) is 0 Å². The summed E-state index contributed by atoms with van der Waals surface area (Å²) in [6.07, 6.45) is 0.848. The lowest BCUT2D eigenvalue weighted by Gasteiger charge is -2.12. The van der Waals surface area contributed by atoms with Crippen LogP contribution in [0.5, 0.6) is 0 Å². The fourth-order valence-corrected chi connectivity index (χ4v) is 2.42. The van der Waals surface area contributed by atoms with E-state index < -0.39 is 5.97 Å². The van der Waals surface area contributed by atoms with Crippen molar-refractivity contribution in [1.82, 2.24) is 5.32 Å². The van der Waals surface area contributed by atoms with Gasteiger partial charge in [0.25, 0.3) is 0 Å². The Morgan fingerprint density at radius 1 is 1.67 bits per heavy atom. The molecule has 0 saturated carbocycles. The standard InChI is InChI=1S/C8H9NO2S/c10-8(11)7-6-1-2-9-3-5(6)4-12-7/h4,9H,1-3H2,(H,10,11). The molecule has 12 heavy (non-hydrogen) atoms. The SMILES string of the molecule is O=C(O)c1scc2c1CCNC2. The minimum Gasteiger partial charge on any atom is -0.477 e. The molecule has 1 aliphatic heterocycles. The van der Waals surface area contributed by atoms with Crippen LogP contribution in [0, 0.1) is 0 Å². The summed E-state index contributed by atoms with van der Waals surface area (Å²) < 4.78 is 0. The fraction of sp³-hybridized carbons (Fsp3) is 0.375. The molecular weight excluding hydrogens is 174 g/mol. The molecule has 4 heteroatoms. The Kier molecular flexibility index (Phi) is 1.86. The highest BCUT2D eigenvalue weighted by Crippen LogP contribution is 2.25. The number of rotatable bonds is 1. The second-order valence-corrected chi connectivity index (χ2v) is 3.68. The molecular formula is C8H9NO2S. The molecule has 0 aromatic carbocycles. The van der Waals surface area contributed by atoms with E-state index in [1.807, 2.05) is 5.38 Å². The largest absolute Gasteiger partial charge is 0.477 e. The quantitative estimate of drug-likeness (QED) is 0.685. The zero-order valence-electron chi connectivity index (χ0n) is 6.46. The molecule has 0 radical (unpaired) electrons. The van der Waals surface area contributed by atoms with E-state index in [4.69, 9.17) is 5.11 Å². The summed E-state index contributed by atoms with van der Waals surface area (Å²) in [4.78, 5) is 11.2. The monoisotopic (exact) mass is 183 g/mol. The van der Waals surface area contributed by atoms with Crippen molar-refractivity contribution in [2.24, 2.45) is 0 Å². The number of hydrogen-bond acceptors (Lipinski definition) is 3. The maximum Gasteiger partial charge on any atom is 0.346 e. The summed E-state index contributed by atoms with van der Waals surface area (Å²) >= 11 is 1.33. The first-order valence-electron chi connectivity index (χ1n) is 3.82. The molecule has 0 saturated heterocycles. The fourth-order valence-electron chi connectivity index (χ4n) is 1.46. The van der Waals surface area contributed by atoms with Gasteiger partial charge in [0.05, 0.1) is 0 Å². The van der Waals surface area contributed by atoms with E-state index >= 15 is 0 Å². The number of fused-ring (bicyclic) bond motifs is 1. The van der Waals surface area contributed by atoms with Crippen molar-refractivity contribution in [2.75, 3.05) is 6.54 Å². The Hall–Kier alpha value is -0.870. The summed E-state index contributed by atoms with van der Waals surface area (Å²) in [7, 11) is 0. The third kappa shape index (κ3) is 1.13. The predicted molar refractivity (Wildman–Crippen MR) is 46.7 cm³/mol. The van der Waals surface area contributed by atoms with E-state index in [1.165, 1.54) is 11.3 Å². The van der Waals surface area contributed by atoms with Gasteiger partial charge in [0.15, 0.2) is 0 Å². The predicted octanol–water partition coefficient (Wildman–Crippen LogP) is 1.09. The molecule has 3 nitrogen and oxygen atoms in total. The minimum atomic E-state index is -0.789. The molecule has 0 fully saturated rings. The molecule has 64 valence electrons. The Bertz CT molecular complexity index is 319. The molecule has 0 spiro atoms. The van der Waals surface area contributed by atoms with Gasteiger partial charge in [0.2, 0.25) is 0 Å². The number of hydrogen-bond donors (Lipinski definition) is 2. The molecule has 1 aromatic heterocycles. The zero-order chi connectivity index (χ0) is 8.55. The second kappa shape index (κ2) is 2.88. The third-order valence-electron chi connectivity index (χ3n) is 2.04. The van der Waals surface area contributed by atoms with Gasteiger partial charge in [-0.05, 0) is 29.5 Å². The third-order valence-corrected chi connectivity index (χ3v) is 3.10. The van der Waals surface area contributed by atoms with Crippen LogP contribution in [0.15, 0.2) is 5.38 Å². The lowest BCUT2D eigenvalue weighted by atomic mass is 10.0. The number of carboxylic acid groups (broad SMARTS) is 1. The average molecular weight is 183 g/mol. The van der Waals surface area contributed by atoms with Gasteiger partial charge < -0.3 is 10.4 Å². The maximum atomic E-state index is 10.7. The molecule has 0 amide bonds. The van der Waals surface area contributed by atoms with E-state index in [1.54, 1.807) is 0 Å². The van der Waals surface area contributed by atoms with Crippen molar-refractivity contribution >= 4 is 17.3 Å². The van der Waals surface area contributed by atoms with E-state index in [0.717, 1.165) is 30.6 Å². The summed E-state index contributed by atoms with van der Waals surface area (Å²) in [5.41, 5.74) is 2.19. The summed E-state index contributed by atoms with van der Waals surface area (Å²) in [5, 5.41) is 14.0. The van der Waals surface area contributed by atoms with Crippen LogP contribution < -0.4 is 5.32 Å². The van der Waals surface area contributed by atoms with Crippen LogP contribution >= 0.6 is 11.3 Å². The molecule has 0 unspecified atom stereocenters. The van der Waals surface area contributed by atoms with Crippen LogP contribution in [0.2, 0.25) is 0 Å². The van der Waals surface area contributed by atoms with E-state index in [2.05, 4.69) is 5.32 Å². The van der Waals surface area contributed by atoms with Gasteiger partial charge in [-0.1, -0.05) is 0 Å². The van der Waals surface area contributed by atoms with E-state index in [-0.39, 0.29) is 0 Å². The summed E-state index contributed by atoms with van der Waals surface area (Å²) in [6, 6.07) is 0. The highest BCUT2D eigenvalue weighted by atomic mass is 32.1. The van der Waals surface area contributed by atoms with Gasteiger partial charge in [-0.2, -0.15) is 0 Å². The number of aromatic carboxylic acids is 1. The van der Waals surface area contributed by atoms with Crippen LogP contribution in [0.4, 0.5) is 0 Å². The Labute approximate surface area is 74.0 Å². The van der Waals surface area contributed by atoms with Gasteiger partial charge in [-0.3, -0.25) is 0 Å². The van der Waals surface area contributed by atoms with Crippen LogP contribution in [0.3, 0.4) is 0 Å². The van der Waals surface area contributed by atoms with Gasteiger partial charge in [0.1, 0.15) is 4.88 Å². The van der Waals surface area contributed by atoms with Crippen LogP contribution in [0.1, 0.15) is 20.8 Å². The summed E-state index contributed by atoms with van der Waals surface area (Å²) in [6.45, 7) is 1.71. The Morgan fingerprint density at radius 3 is 3.25 bits per heavy atom. The first-order valence-corrected chi connectivity index (χ1v) is 4.70. The van der Waals surface area contributed by atoms with Crippen LogP contribution in [-0.4, -0.2) is 17.6 Å². The van der Waals surface area contributed by atoms with E-state index in [0.29, 0.717) is 4.88 Å². The maximum absolute atomic E-state index is 10.7. The Balaban J connectivity index is 2.44. The van der Waals surface area contributed by atoms with Crippen molar-refractivity contribution < 1.29 is 9.90 Å². The number of carbonyl (C=O) groups is 1. The minimum absolute atomic E-state index is 0.520. The average Bonchev–Trinajstić information content (AvgIpc) is 2.47. The van der Waals surface area contributed by atoms with Crippen molar-refractivity contribution in [3.8, 4) is 0 Å². The topological polar surface area (TPSA) is 49.3 Å². The first-order chi connectivity index (χ1) is 5.79. The van der Waals surface area contributed by atoms with Crippen LogP contribution in [-0.2, 0) is 13.0 Å². The highest BCUT2D eigenvalue weighted by molar-refractivity contribution is 7.12. The Morgan fingerprint density at radius 2 is 2.50 bits per heavy atom. The van der Waals surface area contributed by atoms with Crippen molar-refractivity contribution in [2.45, 2.75) is 13.0 Å². The molecule has 0 bridgehead atoms. The molecule has 2 rings (SSSR count). The zero-order valence-corrected chi connectivity index (χ0v) is 7.28. The lowest BCUT2D eigenvalue weighted by molar-refractivity contribution is 0.0701. The second-order valence-electron chi connectivity index (χ2n) is 2.80. The number of carboxylic acids is 1. The summed E-state index contributed by atoms with van der Waals surface area (Å²) in [5.74, 6) is -0.789. The molecule has 1 aromatic rings. The van der Waals surface area contributed by atoms with Gasteiger partial charge >= 0.3 is 5.97 Å². The van der Waals surface area contributed by atoms with Gasteiger partial charge in [-0.25, -0.2) is 4.79 Å². The molecule has 1 aliphatic rings. The number of nitrogens with one attached hydrogen (secondary N) is 1. The van der Waals surface area contributed by atoms with Crippen molar-refractivity contribution in [3.63, 3.8) is 0 Å². The molecule has 2 heterocycles. The van der Waals surface area contributed by atoms with Gasteiger partial charge in [0, 0.05) is 6.54 Å². The van der Waals surface area contributed by atoms with E-state index in [9.17, 15) is 4.79 Å². The normalized spacial score (nSPS) is 15.7. The highest BCUT2D eigenvalue weighted by Gasteiger charge is 2.18. The smallest absolute Gasteiger partial charge is 0.346 e. The van der Waals surface area contributed by atoms with Crippen molar-refractivity contribution in [3.05, 3.63) is 21.4 Å². The molecule has 0 atom stereocenters. The molecule has 2 N–H and O–H groups in total. The van der Waals surface area contributed by atoms with Gasteiger partial charge in [-0.15, -0.1) is 11.3 Å².